The van der Waals surface area contributed by atoms with Gasteiger partial charge in [-0.2, -0.15) is 22.0 Å². The predicted octanol–water partition coefficient (Wildman–Crippen LogP) is 13.3. The first-order valence-electron chi connectivity index (χ1n) is 22.7. The molecule has 2 fully saturated rings. The number of aliphatic hydroxyl groups is 1. The Morgan fingerprint density at radius 2 is 1.51 bits per heavy atom. The van der Waals surface area contributed by atoms with Crippen molar-refractivity contribution in [2.24, 2.45) is 23.2 Å². The number of hydrogen-bond acceptors (Lipinski definition) is 5. The largest absolute Gasteiger partial charge is 0.489 e. The van der Waals surface area contributed by atoms with E-state index >= 15 is 0 Å². The Labute approximate surface area is 359 Å². The highest BCUT2D eigenvalue weighted by Gasteiger charge is 2.63. The molecule has 6 rings (SSSR count). The average Bonchev–Trinajstić information content (AvgIpc) is 3.56. The number of benzene rings is 3. The Morgan fingerprint density at radius 3 is 2.18 bits per heavy atom. The monoisotopic (exact) mass is 852 g/mol. The minimum Gasteiger partial charge on any atom is -0.489 e. The fourth-order valence-corrected chi connectivity index (χ4v) is 10.9. The van der Waals surface area contributed by atoms with Crippen LogP contribution in [0.4, 0.5) is 22.0 Å². The number of esters is 1. The molecule has 0 spiro atoms. The summed E-state index contributed by atoms with van der Waals surface area (Å²) in [4.78, 5) is 12.6. The molecule has 7 atom stereocenters. The molecule has 0 heterocycles. The van der Waals surface area contributed by atoms with Crippen molar-refractivity contribution in [1.29, 1.82) is 0 Å². The quantitative estimate of drug-likeness (QED) is 0.0472. The molecule has 2 saturated carbocycles. The van der Waals surface area contributed by atoms with Crippen molar-refractivity contribution >= 4 is 5.97 Å². The van der Waals surface area contributed by atoms with Crippen molar-refractivity contribution in [3.63, 3.8) is 0 Å². The zero-order chi connectivity index (χ0) is 43.5. The molecule has 0 amide bonds. The zero-order valence-corrected chi connectivity index (χ0v) is 36.0. The van der Waals surface area contributed by atoms with Crippen LogP contribution in [0.1, 0.15) is 138 Å². The molecule has 0 saturated heterocycles. The Morgan fingerprint density at radius 1 is 0.836 bits per heavy atom. The number of unbranched alkanes of at least 4 members (excludes halogenated alkanes) is 5. The molecule has 3 aliphatic rings. The fourth-order valence-electron chi connectivity index (χ4n) is 10.9. The van der Waals surface area contributed by atoms with Crippen molar-refractivity contribution in [3.8, 4) is 5.75 Å². The van der Waals surface area contributed by atoms with Gasteiger partial charge >= 0.3 is 18.1 Å². The van der Waals surface area contributed by atoms with E-state index in [1.54, 1.807) is 6.92 Å². The van der Waals surface area contributed by atoms with Crippen LogP contribution in [0.2, 0.25) is 0 Å². The van der Waals surface area contributed by atoms with E-state index in [4.69, 9.17) is 14.2 Å². The van der Waals surface area contributed by atoms with Gasteiger partial charge in [0.25, 0.3) is 0 Å². The van der Waals surface area contributed by atoms with Crippen molar-refractivity contribution in [2.75, 3.05) is 6.61 Å². The van der Waals surface area contributed by atoms with E-state index in [1.807, 2.05) is 36.4 Å². The molecule has 0 bridgehead atoms. The van der Waals surface area contributed by atoms with Crippen LogP contribution in [-0.4, -0.2) is 41.5 Å². The summed E-state index contributed by atoms with van der Waals surface area (Å²) in [6.45, 7) is 5.36. The normalized spacial score (nSPS) is 25.4. The molecular weight excluding hydrogens is 788 g/mol. The van der Waals surface area contributed by atoms with Gasteiger partial charge in [0, 0.05) is 12.3 Å². The molecule has 61 heavy (non-hydrogen) atoms. The van der Waals surface area contributed by atoms with Gasteiger partial charge in [-0.25, -0.2) is 0 Å². The summed E-state index contributed by atoms with van der Waals surface area (Å²) in [5.41, 5.74) is 3.64. The first-order chi connectivity index (χ1) is 29.2. The summed E-state index contributed by atoms with van der Waals surface area (Å²) in [6.07, 6.45) is 7.49. The first kappa shape index (κ1) is 46.7. The molecule has 3 aromatic carbocycles. The summed E-state index contributed by atoms with van der Waals surface area (Å²) in [6, 6.07) is 26.9. The maximum absolute atomic E-state index is 13.3. The van der Waals surface area contributed by atoms with Gasteiger partial charge in [-0.05, 0) is 129 Å². The zero-order valence-electron chi connectivity index (χ0n) is 36.0. The Balaban J connectivity index is 1.07. The molecule has 10 heteroatoms. The minimum atomic E-state index is -5.54. The number of aryl methyl sites for hydroxylation is 1. The van der Waals surface area contributed by atoms with Gasteiger partial charge in [0.15, 0.2) is 0 Å². The molecule has 1 N–H and O–H groups in total. The van der Waals surface area contributed by atoms with Crippen LogP contribution in [0.3, 0.4) is 0 Å². The van der Waals surface area contributed by atoms with Crippen LogP contribution in [0, 0.1) is 23.2 Å². The molecule has 5 nitrogen and oxygen atoms in total. The molecule has 3 aromatic rings. The molecule has 0 radical (unpaired) electrons. The van der Waals surface area contributed by atoms with Gasteiger partial charge in [0.05, 0.1) is 30.8 Å². The third-order valence-electron chi connectivity index (χ3n) is 13.9. The van der Waals surface area contributed by atoms with Gasteiger partial charge < -0.3 is 19.3 Å². The number of carbonyl (C=O) groups is 1. The number of carbonyl (C=O) groups excluding carboxylic acids is 1. The molecule has 0 aromatic heterocycles. The minimum absolute atomic E-state index is 0.00374. The van der Waals surface area contributed by atoms with Crippen LogP contribution < -0.4 is 4.74 Å². The molecule has 3 aliphatic carbocycles. The second kappa shape index (κ2) is 21.1. The van der Waals surface area contributed by atoms with E-state index in [2.05, 4.69) is 61.5 Å². The smallest absolute Gasteiger partial charge is 0.453 e. The van der Waals surface area contributed by atoms with Crippen molar-refractivity contribution in [2.45, 2.75) is 160 Å². The van der Waals surface area contributed by atoms with Crippen molar-refractivity contribution in [3.05, 3.63) is 113 Å². The third kappa shape index (κ3) is 11.8. The number of halogens is 5. The van der Waals surface area contributed by atoms with E-state index in [0.29, 0.717) is 57.2 Å². The number of allylic oxidation sites excluding steroid dienone is 1. The third-order valence-corrected chi connectivity index (χ3v) is 13.9. The summed E-state index contributed by atoms with van der Waals surface area (Å²) < 4.78 is 82.4. The maximum atomic E-state index is 13.3. The van der Waals surface area contributed by atoms with E-state index in [-0.39, 0.29) is 42.9 Å². The maximum Gasteiger partial charge on any atom is 0.453 e. The number of ether oxygens (including phenoxy) is 3. The highest BCUT2D eigenvalue weighted by molar-refractivity contribution is 5.72. The number of fused-ring (bicyclic) bond motifs is 5. The fraction of sp³-hybridized carbons (Fsp3) is 0.588. The van der Waals surface area contributed by atoms with Gasteiger partial charge in [-0.3, -0.25) is 4.79 Å². The lowest BCUT2D eigenvalue weighted by Gasteiger charge is -2.58. The Kier molecular flexibility index (Phi) is 16.1. The van der Waals surface area contributed by atoms with Gasteiger partial charge in [0.2, 0.25) is 0 Å². The lowest BCUT2D eigenvalue weighted by Crippen LogP contribution is -2.56. The second-order valence-corrected chi connectivity index (χ2v) is 18.1. The topological polar surface area (TPSA) is 65.0 Å². The van der Waals surface area contributed by atoms with Gasteiger partial charge in [-0.15, -0.1) is 0 Å². The lowest BCUT2D eigenvalue weighted by molar-refractivity contribution is -0.284. The highest BCUT2D eigenvalue weighted by atomic mass is 19.4. The SMILES string of the molecule is CCOC(=O)C(CCCCCC=CC[C@]1(O)C[C@@]2(C)C(CC[C@@H]2OCc2ccccc2)C2CCc3cc(OCc4ccccc4)ccc3C21)CCCCCC(F)(F)C(F)(F)F. The number of alkyl halides is 5. The Bertz CT molecular complexity index is 1850. The van der Waals surface area contributed by atoms with Crippen LogP contribution in [0.15, 0.2) is 91.0 Å². The van der Waals surface area contributed by atoms with Gasteiger partial charge in [-0.1, -0.05) is 111 Å². The van der Waals surface area contributed by atoms with Crippen LogP contribution in [0.5, 0.6) is 5.75 Å². The summed E-state index contributed by atoms with van der Waals surface area (Å²) in [5, 5.41) is 13.1. The lowest BCUT2D eigenvalue weighted by atomic mass is 9.49. The van der Waals surface area contributed by atoms with E-state index in [0.717, 1.165) is 68.2 Å². The summed E-state index contributed by atoms with van der Waals surface area (Å²) in [7, 11) is 0. The molecule has 334 valence electrons. The second-order valence-electron chi connectivity index (χ2n) is 18.1. The first-order valence-corrected chi connectivity index (χ1v) is 22.7. The Hall–Kier alpha value is -3.76. The predicted molar refractivity (Wildman–Crippen MR) is 228 cm³/mol. The number of rotatable bonds is 22. The average molecular weight is 853 g/mol. The van der Waals surface area contributed by atoms with Crippen molar-refractivity contribution < 1.29 is 46.1 Å². The standard InChI is InChI=1S/C51H65F5O5/c1-3-59-47(57)39(24-16-10-18-32-50(52,53)51(54,55)56)23-15-6-4-5-7-17-31-49(58)36-48(2)44(29-30-45(48)61-35-38-21-13-9-14-22-38)43-27-25-40-33-41(26-28-42(40)46(43)49)60-34-37-19-11-8-12-20-37/h7-9,11-14,17,19-22,26,28,33,39,43-46,58H,3-6,10,15-16,18,23-25,27,29-32,34-36H2,1-2H3/t39?,43?,44?,45-,46?,48-,49-/m0/s1. The van der Waals surface area contributed by atoms with E-state index in [1.165, 1.54) is 11.1 Å². The highest BCUT2D eigenvalue weighted by Crippen LogP contribution is 2.65. The van der Waals surface area contributed by atoms with Crippen LogP contribution >= 0.6 is 0 Å². The van der Waals surface area contributed by atoms with Gasteiger partial charge in [0.1, 0.15) is 12.4 Å². The number of hydrogen-bond donors (Lipinski definition) is 1. The summed E-state index contributed by atoms with van der Waals surface area (Å²) >= 11 is 0. The van der Waals surface area contributed by atoms with Crippen molar-refractivity contribution in [1.82, 2.24) is 0 Å². The molecular formula is C51H65F5O5. The van der Waals surface area contributed by atoms with Crippen LogP contribution in [0.25, 0.3) is 0 Å². The molecule has 4 unspecified atom stereocenters. The molecule has 0 aliphatic heterocycles. The van der Waals surface area contributed by atoms with E-state index in [9.17, 15) is 31.9 Å². The van der Waals surface area contributed by atoms with Crippen LogP contribution in [-0.2, 0) is 33.9 Å². The van der Waals surface area contributed by atoms with E-state index < -0.39 is 30.0 Å². The summed E-state index contributed by atoms with van der Waals surface area (Å²) in [5.74, 6) is -3.81.